The lowest BCUT2D eigenvalue weighted by atomic mass is 10.2. The van der Waals surface area contributed by atoms with Crippen LogP contribution in [0.15, 0.2) is 24.3 Å². The maximum absolute atomic E-state index is 11.2. The molecule has 0 saturated carbocycles. The second-order valence-electron chi connectivity index (χ2n) is 3.80. The summed E-state index contributed by atoms with van der Waals surface area (Å²) in [5.74, 6) is 0.467. The SMILES string of the molecule is CCCOC(=O)c1ccc(O)cc1.OCCCCCl. The van der Waals surface area contributed by atoms with Crippen LogP contribution in [-0.4, -0.2) is 35.3 Å². The van der Waals surface area contributed by atoms with E-state index in [4.69, 9.17) is 26.6 Å². The van der Waals surface area contributed by atoms with Crippen LogP contribution >= 0.6 is 11.6 Å². The summed E-state index contributed by atoms with van der Waals surface area (Å²) >= 11 is 5.27. The lowest BCUT2D eigenvalue weighted by Gasteiger charge is -2.02. The number of phenols is 1. The molecule has 0 aromatic heterocycles. The van der Waals surface area contributed by atoms with Crippen LogP contribution in [0.25, 0.3) is 0 Å². The quantitative estimate of drug-likeness (QED) is 0.480. The van der Waals surface area contributed by atoms with Crippen molar-refractivity contribution in [2.75, 3.05) is 19.1 Å². The van der Waals surface area contributed by atoms with Crippen LogP contribution in [0.4, 0.5) is 0 Å². The summed E-state index contributed by atoms with van der Waals surface area (Å²) in [6.45, 7) is 2.64. The Bertz CT molecular complexity index is 334. The number of halogens is 1. The van der Waals surface area contributed by atoms with Gasteiger partial charge in [-0.15, -0.1) is 11.6 Å². The zero-order chi connectivity index (χ0) is 14.5. The molecule has 0 aliphatic rings. The minimum atomic E-state index is -0.346. The first kappa shape index (κ1) is 17.7. The third kappa shape index (κ3) is 9.33. The van der Waals surface area contributed by atoms with Crippen LogP contribution in [-0.2, 0) is 4.74 Å². The number of aliphatic hydroxyl groups excluding tert-OH is 1. The van der Waals surface area contributed by atoms with Gasteiger partial charge in [-0.1, -0.05) is 6.92 Å². The number of rotatable bonds is 6. The standard InChI is InChI=1S/C10H12O3.C4H9ClO/c1-2-7-13-10(12)8-3-5-9(11)6-4-8;5-3-1-2-4-6/h3-6,11H,2,7H2,1H3;6H,1-4H2. The molecule has 0 aliphatic carbocycles. The lowest BCUT2D eigenvalue weighted by molar-refractivity contribution is 0.0505. The molecule has 1 aromatic carbocycles. The predicted octanol–water partition coefficient (Wildman–Crippen LogP) is 2.96. The van der Waals surface area contributed by atoms with E-state index in [2.05, 4.69) is 0 Å². The van der Waals surface area contributed by atoms with Crippen LogP contribution in [0, 0.1) is 0 Å². The molecule has 0 amide bonds. The van der Waals surface area contributed by atoms with Crippen molar-refractivity contribution >= 4 is 17.6 Å². The molecular formula is C14H21ClO4. The van der Waals surface area contributed by atoms with E-state index in [0.717, 1.165) is 19.3 Å². The Morgan fingerprint density at radius 3 is 2.32 bits per heavy atom. The van der Waals surface area contributed by atoms with Gasteiger partial charge in [0.05, 0.1) is 12.2 Å². The van der Waals surface area contributed by atoms with Crippen LogP contribution < -0.4 is 0 Å². The molecule has 0 fully saturated rings. The van der Waals surface area contributed by atoms with Crippen molar-refractivity contribution in [2.24, 2.45) is 0 Å². The summed E-state index contributed by atoms with van der Waals surface area (Å²) in [6.07, 6.45) is 2.57. The third-order valence-electron chi connectivity index (χ3n) is 2.08. The smallest absolute Gasteiger partial charge is 0.338 e. The summed E-state index contributed by atoms with van der Waals surface area (Å²) in [7, 11) is 0. The van der Waals surface area contributed by atoms with Crippen LogP contribution in [0.1, 0.15) is 36.5 Å². The Morgan fingerprint density at radius 2 is 1.89 bits per heavy atom. The molecule has 0 bridgehead atoms. The van der Waals surface area contributed by atoms with Crippen molar-refractivity contribution in [3.05, 3.63) is 29.8 Å². The van der Waals surface area contributed by atoms with Crippen LogP contribution in [0.3, 0.4) is 0 Å². The van der Waals surface area contributed by atoms with Crippen molar-refractivity contribution in [2.45, 2.75) is 26.2 Å². The van der Waals surface area contributed by atoms with Crippen molar-refractivity contribution < 1.29 is 19.7 Å². The molecule has 5 heteroatoms. The molecule has 4 nitrogen and oxygen atoms in total. The minimum Gasteiger partial charge on any atom is -0.508 e. The van der Waals surface area contributed by atoms with Gasteiger partial charge in [0, 0.05) is 12.5 Å². The topological polar surface area (TPSA) is 66.8 Å². The second-order valence-corrected chi connectivity index (χ2v) is 4.18. The summed E-state index contributed by atoms with van der Waals surface area (Å²) in [5, 5.41) is 17.1. The van der Waals surface area contributed by atoms with E-state index in [0.29, 0.717) is 18.1 Å². The Kier molecular flexibility index (Phi) is 11.0. The predicted molar refractivity (Wildman–Crippen MR) is 75.7 cm³/mol. The van der Waals surface area contributed by atoms with Gasteiger partial charge < -0.3 is 14.9 Å². The highest BCUT2D eigenvalue weighted by molar-refractivity contribution is 6.17. The fourth-order valence-corrected chi connectivity index (χ4v) is 1.27. The average molecular weight is 289 g/mol. The van der Waals surface area contributed by atoms with E-state index < -0.39 is 0 Å². The van der Waals surface area contributed by atoms with Gasteiger partial charge in [0.25, 0.3) is 0 Å². The molecular weight excluding hydrogens is 268 g/mol. The number of aromatic hydroxyl groups is 1. The maximum Gasteiger partial charge on any atom is 0.338 e. The number of ether oxygens (including phenoxy) is 1. The first-order valence-electron chi connectivity index (χ1n) is 6.28. The zero-order valence-corrected chi connectivity index (χ0v) is 11.9. The molecule has 0 heterocycles. The Labute approximate surface area is 119 Å². The number of unbranched alkanes of at least 4 members (excludes halogenated alkanes) is 1. The molecule has 0 spiro atoms. The lowest BCUT2D eigenvalue weighted by Crippen LogP contribution is -2.05. The maximum atomic E-state index is 11.2. The van der Waals surface area contributed by atoms with Gasteiger partial charge in [-0.2, -0.15) is 0 Å². The molecule has 1 rings (SSSR count). The Balaban J connectivity index is 0.000000459. The van der Waals surface area contributed by atoms with E-state index >= 15 is 0 Å². The number of aliphatic hydroxyl groups is 1. The van der Waals surface area contributed by atoms with Crippen molar-refractivity contribution in [1.29, 1.82) is 0 Å². The zero-order valence-electron chi connectivity index (χ0n) is 11.1. The largest absolute Gasteiger partial charge is 0.508 e. The van der Waals surface area contributed by atoms with Crippen LogP contribution in [0.2, 0.25) is 0 Å². The number of hydrogen-bond donors (Lipinski definition) is 2. The fraction of sp³-hybridized carbons (Fsp3) is 0.500. The molecule has 1 aromatic rings. The number of esters is 1. The van der Waals surface area contributed by atoms with Crippen molar-refractivity contribution in [3.63, 3.8) is 0 Å². The van der Waals surface area contributed by atoms with Crippen molar-refractivity contribution in [1.82, 2.24) is 0 Å². The fourth-order valence-electron chi connectivity index (χ4n) is 1.08. The van der Waals surface area contributed by atoms with Gasteiger partial charge in [0.2, 0.25) is 0 Å². The highest BCUT2D eigenvalue weighted by Gasteiger charge is 2.05. The number of carbonyl (C=O) groups is 1. The van der Waals surface area contributed by atoms with E-state index in [1.165, 1.54) is 24.3 Å². The Morgan fingerprint density at radius 1 is 1.26 bits per heavy atom. The second kappa shape index (κ2) is 11.8. The number of hydrogen-bond acceptors (Lipinski definition) is 4. The van der Waals surface area contributed by atoms with Gasteiger partial charge in [0.1, 0.15) is 5.75 Å². The van der Waals surface area contributed by atoms with Crippen LogP contribution in [0.5, 0.6) is 5.75 Å². The normalized spacial score (nSPS) is 9.42. The van der Waals surface area contributed by atoms with Gasteiger partial charge >= 0.3 is 5.97 Å². The molecule has 19 heavy (non-hydrogen) atoms. The van der Waals surface area contributed by atoms with Gasteiger partial charge in [0.15, 0.2) is 0 Å². The van der Waals surface area contributed by atoms with E-state index in [-0.39, 0.29) is 18.3 Å². The Hall–Kier alpha value is -1.26. The number of benzene rings is 1. The summed E-state index contributed by atoms with van der Waals surface area (Å²) in [4.78, 5) is 11.2. The first-order valence-corrected chi connectivity index (χ1v) is 6.82. The van der Waals surface area contributed by atoms with Gasteiger partial charge in [-0.3, -0.25) is 0 Å². The van der Waals surface area contributed by atoms with Gasteiger partial charge in [-0.05, 0) is 43.5 Å². The third-order valence-corrected chi connectivity index (χ3v) is 2.35. The highest BCUT2D eigenvalue weighted by atomic mass is 35.5. The molecule has 0 saturated heterocycles. The van der Waals surface area contributed by atoms with E-state index in [1.807, 2.05) is 6.92 Å². The van der Waals surface area contributed by atoms with E-state index in [9.17, 15) is 4.79 Å². The molecule has 0 atom stereocenters. The number of carbonyl (C=O) groups excluding carboxylic acids is 1. The molecule has 108 valence electrons. The number of phenolic OH excluding ortho intramolecular Hbond substituents is 1. The summed E-state index contributed by atoms with van der Waals surface area (Å²) < 4.78 is 4.90. The van der Waals surface area contributed by atoms with Gasteiger partial charge in [-0.25, -0.2) is 4.79 Å². The minimum absolute atomic E-state index is 0.145. The molecule has 2 N–H and O–H groups in total. The first-order chi connectivity index (χ1) is 9.15. The highest BCUT2D eigenvalue weighted by Crippen LogP contribution is 2.10. The summed E-state index contributed by atoms with van der Waals surface area (Å²) in [6, 6.07) is 5.99. The molecule has 0 unspecified atom stereocenters. The van der Waals surface area contributed by atoms with E-state index in [1.54, 1.807) is 0 Å². The molecule has 0 aliphatic heterocycles. The average Bonchev–Trinajstić information content (AvgIpc) is 2.44. The molecule has 0 radical (unpaired) electrons. The van der Waals surface area contributed by atoms with Crippen molar-refractivity contribution in [3.8, 4) is 5.75 Å². The number of alkyl halides is 1. The monoisotopic (exact) mass is 288 g/mol. The summed E-state index contributed by atoms with van der Waals surface area (Å²) in [5.41, 5.74) is 0.464.